The molecule has 0 aliphatic rings. The van der Waals surface area contributed by atoms with Crippen LogP contribution >= 0.6 is 11.3 Å². The first-order chi connectivity index (χ1) is 21.3. The summed E-state index contributed by atoms with van der Waals surface area (Å²) in [6.45, 7) is 0. The van der Waals surface area contributed by atoms with E-state index >= 15 is 0 Å². The lowest BCUT2D eigenvalue weighted by Crippen LogP contribution is -1.95. The number of nitrogens with zero attached hydrogens (tertiary/aromatic N) is 3. The Morgan fingerprint density at radius 1 is 0.419 bits per heavy atom. The minimum Gasteiger partial charge on any atom is -0.217 e. The van der Waals surface area contributed by atoms with Crippen LogP contribution in [0.3, 0.4) is 0 Å². The molecule has 0 aliphatic heterocycles. The Hall–Kier alpha value is -5.45. The summed E-state index contributed by atoms with van der Waals surface area (Å²) < 4.78 is 2.48. The highest BCUT2D eigenvalue weighted by Gasteiger charge is 2.15. The molecule has 0 N–H and O–H groups in total. The number of rotatable bonds is 3. The van der Waals surface area contributed by atoms with Crippen LogP contribution in [0.4, 0.5) is 0 Å². The fraction of sp³-hybridized carbons (Fsp3) is 0. The minimum absolute atomic E-state index is 0.680. The summed E-state index contributed by atoms with van der Waals surface area (Å²) in [6.07, 6.45) is 1.62. The third kappa shape index (κ3) is 3.92. The van der Waals surface area contributed by atoms with Crippen molar-refractivity contribution in [3.8, 4) is 33.9 Å². The number of fused-ring (bicyclic) bond motifs is 8. The van der Waals surface area contributed by atoms with Gasteiger partial charge in [0.15, 0.2) is 11.6 Å². The highest BCUT2D eigenvalue weighted by molar-refractivity contribution is 7.26. The molecular weight excluding hydrogens is 543 g/mol. The largest absolute Gasteiger partial charge is 0.217 e. The van der Waals surface area contributed by atoms with Crippen LogP contribution in [0, 0.1) is 0 Å². The van der Waals surface area contributed by atoms with Crippen molar-refractivity contribution in [2.24, 2.45) is 0 Å². The van der Waals surface area contributed by atoms with Gasteiger partial charge in [-0.15, -0.1) is 11.3 Å². The van der Waals surface area contributed by atoms with E-state index in [1.165, 1.54) is 63.6 Å². The first-order valence-corrected chi connectivity index (χ1v) is 15.2. The zero-order chi connectivity index (χ0) is 28.3. The first-order valence-electron chi connectivity index (χ1n) is 14.3. The SMILES string of the molecule is c1ccc(-c2ncnc(-c3cccc4sc5ccc(-c6ccc7c(ccc8c9ccccc9ccc78)c6)cc5c34)n2)cc1. The molecule has 4 heteroatoms. The first kappa shape index (κ1) is 24.2. The Labute approximate surface area is 251 Å². The summed E-state index contributed by atoms with van der Waals surface area (Å²) >= 11 is 1.81. The van der Waals surface area contributed by atoms with Crippen LogP contribution in [0.15, 0.2) is 140 Å². The van der Waals surface area contributed by atoms with Gasteiger partial charge < -0.3 is 0 Å². The number of thiophene rings is 1. The van der Waals surface area contributed by atoms with Gasteiger partial charge in [-0.2, -0.15) is 0 Å². The lowest BCUT2D eigenvalue weighted by molar-refractivity contribution is 1.07. The van der Waals surface area contributed by atoms with Crippen LogP contribution in [0.1, 0.15) is 0 Å². The maximum atomic E-state index is 4.89. The van der Waals surface area contributed by atoms with Gasteiger partial charge in [-0.05, 0) is 67.7 Å². The van der Waals surface area contributed by atoms with E-state index < -0.39 is 0 Å². The van der Waals surface area contributed by atoms with E-state index in [1.54, 1.807) is 6.33 Å². The van der Waals surface area contributed by atoms with Crippen LogP contribution in [0.5, 0.6) is 0 Å². The second kappa shape index (κ2) is 9.55. The Bertz CT molecular complexity index is 2510. The Balaban J connectivity index is 1.19. The van der Waals surface area contributed by atoms with Crippen molar-refractivity contribution in [3.63, 3.8) is 0 Å². The molecule has 2 aromatic heterocycles. The number of benzene rings is 7. The molecule has 43 heavy (non-hydrogen) atoms. The predicted molar refractivity (Wildman–Crippen MR) is 182 cm³/mol. The van der Waals surface area contributed by atoms with Gasteiger partial charge in [0.1, 0.15) is 6.33 Å². The topological polar surface area (TPSA) is 38.7 Å². The molecule has 0 spiro atoms. The molecule has 200 valence electrons. The molecule has 9 aromatic rings. The smallest absolute Gasteiger partial charge is 0.164 e. The van der Waals surface area contributed by atoms with E-state index in [1.807, 2.05) is 41.7 Å². The van der Waals surface area contributed by atoms with Crippen molar-refractivity contribution in [2.45, 2.75) is 0 Å². The zero-order valence-electron chi connectivity index (χ0n) is 23.0. The molecule has 0 radical (unpaired) electrons. The second-order valence-corrected chi connectivity index (χ2v) is 12.0. The molecule has 0 bridgehead atoms. The number of aromatic nitrogens is 3. The van der Waals surface area contributed by atoms with E-state index in [0.29, 0.717) is 11.6 Å². The summed E-state index contributed by atoms with van der Waals surface area (Å²) in [4.78, 5) is 14.0. The maximum absolute atomic E-state index is 4.89. The minimum atomic E-state index is 0.680. The molecule has 9 rings (SSSR count). The Kier molecular flexibility index (Phi) is 5.37. The average Bonchev–Trinajstić information content (AvgIpc) is 3.46. The Morgan fingerprint density at radius 2 is 1.14 bits per heavy atom. The Morgan fingerprint density at radius 3 is 2.05 bits per heavy atom. The van der Waals surface area contributed by atoms with Crippen molar-refractivity contribution >= 4 is 63.8 Å². The van der Waals surface area contributed by atoms with Crippen LogP contribution in [0.2, 0.25) is 0 Å². The molecular formula is C39H23N3S. The normalized spacial score (nSPS) is 11.7. The molecule has 0 aliphatic carbocycles. The van der Waals surface area contributed by atoms with Gasteiger partial charge in [-0.1, -0.05) is 109 Å². The van der Waals surface area contributed by atoms with Crippen LogP contribution in [0.25, 0.3) is 86.4 Å². The van der Waals surface area contributed by atoms with Crippen molar-refractivity contribution in [3.05, 3.63) is 140 Å². The molecule has 0 saturated carbocycles. The van der Waals surface area contributed by atoms with E-state index in [0.717, 1.165) is 11.1 Å². The molecule has 3 nitrogen and oxygen atoms in total. The predicted octanol–water partition coefficient (Wildman–Crippen LogP) is 10.7. The fourth-order valence-electron chi connectivity index (χ4n) is 6.35. The van der Waals surface area contributed by atoms with Gasteiger partial charge in [0.05, 0.1) is 0 Å². The number of hydrogen-bond acceptors (Lipinski definition) is 4. The molecule has 7 aromatic carbocycles. The third-order valence-corrected chi connectivity index (χ3v) is 9.55. The van der Waals surface area contributed by atoms with Crippen molar-refractivity contribution in [2.75, 3.05) is 0 Å². The molecule has 0 saturated heterocycles. The van der Waals surface area contributed by atoms with Gasteiger partial charge in [-0.3, -0.25) is 0 Å². The molecule has 0 unspecified atom stereocenters. The highest BCUT2D eigenvalue weighted by atomic mass is 32.1. The second-order valence-electron chi connectivity index (χ2n) is 10.9. The van der Waals surface area contributed by atoms with Crippen LogP contribution in [-0.4, -0.2) is 15.0 Å². The summed E-state index contributed by atoms with van der Waals surface area (Å²) in [5.74, 6) is 1.37. The molecule has 0 atom stereocenters. The van der Waals surface area contributed by atoms with Gasteiger partial charge in [0.2, 0.25) is 0 Å². The van der Waals surface area contributed by atoms with E-state index in [9.17, 15) is 0 Å². The van der Waals surface area contributed by atoms with Gasteiger partial charge in [0.25, 0.3) is 0 Å². The van der Waals surface area contributed by atoms with Crippen molar-refractivity contribution < 1.29 is 0 Å². The van der Waals surface area contributed by atoms with E-state index in [4.69, 9.17) is 4.98 Å². The standard InChI is InChI=1S/C39H23N3S/c1-2-8-25(9-3-1)38-40-23-41-39(42-38)33-11-6-12-36-37(33)34-22-27(16-20-35(34)43-36)26-14-17-30-28(21-26)15-19-31-29-10-5-4-7-24(29)13-18-32(30)31/h1-23H. The lowest BCUT2D eigenvalue weighted by Gasteiger charge is -2.10. The van der Waals surface area contributed by atoms with Gasteiger partial charge in [0, 0.05) is 31.3 Å². The summed E-state index contributed by atoms with van der Waals surface area (Å²) in [6, 6.07) is 47.8. The van der Waals surface area contributed by atoms with E-state index in [2.05, 4.69) is 113 Å². The molecule has 2 heterocycles. The quantitative estimate of drug-likeness (QED) is 0.200. The van der Waals surface area contributed by atoms with Gasteiger partial charge in [-0.25, -0.2) is 15.0 Å². The summed E-state index contributed by atoms with van der Waals surface area (Å²) in [5.41, 5.74) is 4.41. The summed E-state index contributed by atoms with van der Waals surface area (Å²) in [5, 5.41) is 10.1. The monoisotopic (exact) mass is 565 g/mol. The maximum Gasteiger partial charge on any atom is 0.164 e. The van der Waals surface area contributed by atoms with E-state index in [-0.39, 0.29) is 0 Å². The van der Waals surface area contributed by atoms with Crippen LogP contribution < -0.4 is 0 Å². The van der Waals surface area contributed by atoms with Crippen molar-refractivity contribution in [1.82, 2.24) is 15.0 Å². The van der Waals surface area contributed by atoms with Gasteiger partial charge >= 0.3 is 0 Å². The van der Waals surface area contributed by atoms with Crippen LogP contribution in [-0.2, 0) is 0 Å². The summed E-state index contributed by atoms with van der Waals surface area (Å²) in [7, 11) is 0. The average molecular weight is 566 g/mol. The number of hydrogen-bond donors (Lipinski definition) is 0. The zero-order valence-corrected chi connectivity index (χ0v) is 23.8. The third-order valence-electron chi connectivity index (χ3n) is 8.42. The molecule has 0 fully saturated rings. The molecule has 0 amide bonds. The fourth-order valence-corrected chi connectivity index (χ4v) is 7.47. The lowest BCUT2D eigenvalue weighted by atomic mass is 9.94. The van der Waals surface area contributed by atoms with Crippen molar-refractivity contribution in [1.29, 1.82) is 0 Å². The highest BCUT2D eigenvalue weighted by Crippen LogP contribution is 2.41.